The van der Waals surface area contributed by atoms with Crippen molar-refractivity contribution in [3.05, 3.63) is 60.8 Å². The van der Waals surface area contributed by atoms with Crippen LogP contribution in [0.2, 0.25) is 0 Å². The van der Waals surface area contributed by atoms with Crippen LogP contribution in [0, 0.1) is 16.2 Å². The van der Waals surface area contributed by atoms with Gasteiger partial charge in [-0.25, -0.2) is 8.42 Å². The maximum Gasteiger partial charge on any atom is 1.00 e. The molecule has 0 aromatic carbocycles. The van der Waals surface area contributed by atoms with Gasteiger partial charge in [0.15, 0.2) is 0 Å². The van der Waals surface area contributed by atoms with E-state index in [0.717, 1.165) is 38.5 Å². The van der Waals surface area contributed by atoms with Crippen LogP contribution < -0.4 is 29.6 Å². The third kappa shape index (κ3) is 23.1. The summed E-state index contributed by atoms with van der Waals surface area (Å²) in [4.78, 5) is 11.1. The van der Waals surface area contributed by atoms with Gasteiger partial charge in [-0.3, -0.25) is 9.35 Å². The Kier molecular flexibility index (Phi) is 20.8. The number of ether oxygens (including phenoxy) is 1. The van der Waals surface area contributed by atoms with E-state index in [1.54, 1.807) is 5.57 Å². The summed E-state index contributed by atoms with van der Waals surface area (Å²) in [5.74, 6) is -0.170. The largest absolute Gasteiger partial charge is 1.00 e. The summed E-state index contributed by atoms with van der Waals surface area (Å²) in [6, 6.07) is 0. The van der Waals surface area contributed by atoms with Gasteiger partial charge in [0.2, 0.25) is 10.4 Å². The summed E-state index contributed by atoms with van der Waals surface area (Å²) in [6.45, 7) is 25.0. The Morgan fingerprint density at radius 2 is 1.40 bits per heavy atom. The van der Waals surface area contributed by atoms with Crippen molar-refractivity contribution in [2.75, 3.05) is 0 Å². The Balaban J connectivity index is 0. The van der Waals surface area contributed by atoms with Gasteiger partial charge in [-0.15, -0.1) is 13.2 Å². The molecule has 6 nitrogen and oxygen atoms in total. The van der Waals surface area contributed by atoms with Crippen LogP contribution in [0.1, 0.15) is 132 Å². The molecule has 0 bridgehead atoms. The molecule has 0 aromatic heterocycles. The number of esters is 1. The molecule has 0 saturated heterocycles. The molecule has 0 atom stereocenters. The number of hydrogen-bond donors (Lipinski definition) is 1. The third-order valence-corrected chi connectivity index (χ3v) is 8.25. The van der Waals surface area contributed by atoms with Gasteiger partial charge < -0.3 is 9.29 Å². The van der Waals surface area contributed by atoms with Crippen LogP contribution in [0.3, 0.4) is 0 Å². The quantitative estimate of drug-likeness (QED) is 0.113. The summed E-state index contributed by atoms with van der Waals surface area (Å²) in [7, 11) is -4.92. The fourth-order valence-electron chi connectivity index (χ4n) is 5.25. The zero-order valence-corrected chi connectivity index (χ0v) is 31.6. The van der Waals surface area contributed by atoms with Crippen molar-refractivity contribution in [3.63, 3.8) is 0 Å². The fourth-order valence-corrected chi connectivity index (χ4v) is 5.25. The molecular formula is C35H59NaO6S. The summed E-state index contributed by atoms with van der Waals surface area (Å²) in [5.41, 5.74) is 4.33. The minimum atomic E-state index is -4.92. The van der Waals surface area contributed by atoms with Crippen LogP contribution in [0.5, 0.6) is 0 Å². The predicted molar refractivity (Wildman–Crippen MR) is 175 cm³/mol. The number of hydrogen-bond acceptors (Lipinski definition) is 5. The van der Waals surface area contributed by atoms with E-state index in [-0.39, 0.29) is 41.1 Å². The van der Waals surface area contributed by atoms with Crippen LogP contribution in [-0.2, 0) is 19.9 Å². The summed E-state index contributed by atoms with van der Waals surface area (Å²) in [6.07, 6.45) is 26.7. The first-order chi connectivity index (χ1) is 19.2. The molecule has 1 saturated carbocycles. The average molecular weight is 631 g/mol. The zero-order valence-electron chi connectivity index (χ0n) is 28.8. The first-order valence-corrected chi connectivity index (χ1v) is 16.6. The van der Waals surface area contributed by atoms with E-state index in [1.165, 1.54) is 51.0 Å². The molecule has 0 unspecified atom stereocenters. The molecule has 3 aliphatic rings. The Bertz CT molecular complexity index is 1050. The molecule has 0 spiro atoms. The summed E-state index contributed by atoms with van der Waals surface area (Å²) >= 11 is 0. The van der Waals surface area contributed by atoms with E-state index >= 15 is 0 Å². The topological polar surface area (TPSA) is 104 Å². The minimum Gasteiger partial charge on any atom is -0.726 e. The van der Waals surface area contributed by atoms with Crippen LogP contribution in [0.15, 0.2) is 60.8 Å². The number of allylic oxidation sites excluding steroid dienone is 7. The second-order valence-electron chi connectivity index (χ2n) is 14.2. The first-order valence-electron chi connectivity index (χ1n) is 15.3. The van der Waals surface area contributed by atoms with Crippen LogP contribution in [-0.4, -0.2) is 29.1 Å². The van der Waals surface area contributed by atoms with Crippen molar-refractivity contribution < 1.29 is 56.6 Å². The van der Waals surface area contributed by atoms with Crippen molar-refractivity contribution in [2.24, 2.45) is 16.2 Å². The molecule has 3 rings (SSSR count). The van der Waals surface area contributed by atoms with E-state index in [4.69, 9.17) is 22.3 Å². The number of carbonyl (C=O) groups excluding carboxylic acids is 1. The van der Waals surface area contributed by atoms with E-state index in [9.17, 15) is 4.79 Å². The molecule has 0 aliphatic heterocycles. The van der Waals surface area contributed by atoms with Crippen LogP contribution in [0.25, 0.3) is 0 Å². The van der Waals surface area contributed by atoms with E-state index in [2.05, 4.69) is 85.9 Å². The molecule has 0 heterocycles. The maximum atomic E-state index is 11.1. The molecule has 1 fully saturated rings. The Morgan fingerprint density at radius 1 is 0.907 bits per heavy atom. The fraction of sp³-hybridized carbons (Fsp3) is 0.686. The summed E-state index contributed by atoms with van der Waals surface area (Å²) in [5, 5.41) is 0. The molecule has 8 heteroatoms. The van der Waals surface area contributed by atoms with Gasteiger partial charge in [0, 0.05) is 13.3 Å². The SMILES string of the molecule is C/C=C/C1=CCC(C)(C)CC1.C=CCC1(OC(C)=O)CCC(C)(C)CC1.C=CCC1=CCC(C)(C)CC1.O=S(=O)([O-])O.[Na+]. The van der Waals surface area contributed by atoms with Crippen LogP contribution in [0.4, 0.5) is 0 Å². The van der Waals surface area contributed by atoms with E-state index in [1.807, 2.05) is 12.2 Å². The zero-order chi connectivity index (χ0) is 32.7. The third-order valence-electron chi connectivity index (χ3n) is 8.25. The molecule has 0 aromatic rings. The molecular weight excluding hydrogens is 571 g/mol. The standard InChI is InChI=1S/C13H22O2.2C11H18.Na.H2O4S/c1-5-6-13(15-11(2)14)9-7-12(3,4)8-10-13;2*1-4-5-10-6-8-11(2,3)9-7-10;;1-5(2,3)4/h5H,1,6-10H2,2-4H3;4-6H,7-9H2,1-3H3;4,6H,1,5,7-9H2,2-3H3;;(H2,1,2,3,4)/q;;;+1;/p-1/b;5-4+;;;. The van der Waals surface area contributed by atoms with Crippen molar-refractivity contribution in [1.82, 2.24) is 0 Å². The van der Waals surface area contributed by atoms with Crippen molar-refractivity contribution >= 4 is 16.4 Å². The first kappa shape index (κ1) is 44.2. The average Bonchev–Trinajstić information content (AvgIpc) is 2.84. The Labute approximate surface area is 286 Å². The van der Waals surface area contributed by atoms with Crippen molar-refractivity contribution in [3.8, 4) is 0 Å². The van der Waals surface area contributed by atoms with E-state index < -0.39 is 10.4 Å². The Hall–Kier alpha value is -0.960. The molecule has 242 valence electrons. The van der Waals surface area contributed by atoms with Gasteiger partial charge in [-0.2, -0.15) is 0 Å². The second kappa shape index (κ2) is 20.2. The smallest absolute Gasteiger partial charge is 0.726 e. The van der Waals surface area contributed by atoms with Gasteiger partial charge in [0.05, 0.1) is 0 Å². The predicted octanol–water partition coefficient (Wildman–Crippen LogP) is 6.87. The number of carbonyl (C=O) groups is 1. The monoisotopic (exact) mass is 630 g/mol. The van der Waals surface area contributed by atoms with Gasteiger partial charge in [0.25, 0.3) is 0 Å². The molecule has 3 aliphatic carbocycles. The second-order valence-corrected chi connectivity index (χ2v) is 15.1. The summed E-state index contributed by atoms with van der Waals surface area (Å²) < 4.78 is 38.3. The van der Waals surface area contributed by atoms with Gasteiger partial charge in [-0.05, 0) is 93.8 Å². The minimum absolute atomic E-state index is 0. The van der Waals surface area contributed by atoms with Crippen molar-refractivity contribution in [2.45, 2.75) is 138 Å². The van der Waals surface area contributed by atoms with Gasteiger partial charge >= 0.3 is 35.5 Å². The normalized spacial score (nSPS) is 21.3. The molecule has 1 N–H and O–H groups in total. The van der Waals surface area contributed by atoms with Crippen molar-refractivity contribution in [1.29, 1.82) is 0 Å². The molecule has 43 heavy (non-hydrogen) atoms. The van der Waals surface area contributed by atoms with Gasteiger partial charge in [-0.1, -0.05) is 89.1 Å². The van der Waals surface area contributed by atoms with E-state index in [0.29, 0.717) is 16.2 Å². The maximum absolute atomic E-state index is 11.1. The van der Waals surface area contributed by atoms with Gasteiger partial charge in [0.1, 0.15) is 5.60 Å². The van der Waals surface area contributed by atoms with Crippen LogP contribution >= 0.6 is 0 Å². The molecule has 0 radical (unpaired) electrons. The Morgan fingerprint density at radius 3 is 1.74 bits per heavy atom. The molecule has 0 amide bonds. The number of rotatable bonds is 6.